The van der Waals surface area contributed by atoms with Crippen LogP contribution in [-0.4, -0.2) is 16.3 Å². The van der Waals surface area contributed by atoms with Crippen molar-refractivity contribution in [3.05, 3.63) is 16.4 Å². The molecule has 94 valence electrons. The molecule has 0 aliphatic heterocycles. The molecule has 1 N–H and O–H groups in total. The van der Waals surface area contributed by atoms with Crippen molar-refractivity contribution in [1.82, 2.24) is 15.1 Å². The van der Waals surface area contributed by atoms with Crippen molar-refractivity contribution in [1.29, 1.82) is 0 Å². The van der Waals surface area contributed by atoms with E-state index >= 15 is 0 Å². The Kier molecular flexibility index (Phi) is 6.10. The van der Waals surface area contributed by atoms with E-state index in [1.54, 1.807) is 0 Å². The lowest BCUT2D eigenvalue weighted by atomic mass is 10.2. The molecule has 0 fully saturated rings. The molecule has 1 heterocycles. The van der Waals surface area contributed by atoms with Crippen molar-refractivity contribution in [3.63, 3.8) is 0 Å². The number of rotatable bonds is 7. The molecule has 0 aromatic carbocycles. The van der Waals surface area contributed by atoms with E-state index in [0.717, 1.165) is 55.3 Å². The van der Waals surface area contributed by atoms with Gasteiger partial charge in [0.25, 0.3) is 0 Å². The summed E-state index contributed by atoms with van der Waals surface area (Å²) >= 11 is 6.21. The van der Waals surface area contributed by atoms with Gasteiger partial charge >= 0.3 is 0 Å². The van der Waals surface area contributed by atoms with Gasteiger partial charge in [-0.3, -0.25) is 4.68 Å². The second-order valence-electron chi connectivity index (χ2n) is 4.00. The number of nitrogens with zero attached hydrogens (tertiary/aromatic N) is 2. The minimum absolute atomic E-state index is 0.767. The van der Waals surface area contributed by atoms with Gasteiger partial charge in [0.15, 0.2) is 0 Å². The average Bonchev–Trinajstić information content (AvgIpc) is 2.60. The Morgan fingerprint density at radius 2 is 2.24 bits per heavy atom. The maximum absolute atomic E-state index is 6.21. The summed E-state index contributed by atoms with van der Waals surface area (Å²) in [7, 11) is 0. The minimum atomic E-state index is 0.767. The van der Waals surface area contributed by atoms with E-state index in [-0.39, 0.29) is 0 Å². The van der Waals surface area contributed by atoms with Gasteiger partial charge < -0.3 is 5.32 Å². The van der Waals surface area contributed by atoms with Gasteiger partial charge in [0.2, 0.25) is 0 Å². The first-order valence-corrected chi connectivity index (χ1v) is 6.44. The zero-order chi connectivity index (χ0) is 12.7. The number of nitrogens with one attached hydrogen (secondary N) is 1. The highest BCUT2D eigenvalue weighted by atomic mass is 35.5. The van der Waals surface area contributed by atoms with E-state index < -0.39 is 0 Å². The van der Waals surface area contributed by atoms with Crippen molar-refractivity contribution in [2.45, 2.75) is 46.2 Å². The molecule has 0 aliphatic carbocycles. The number of hydrogen-bond donors (Lipinski definition) is 1. The van der Waals surface area contributed by atoms with Crippen LogP contribution in [0, 0.1) is 19.3 Å². The monoisotopic (exact) mass is 253 g/mol. The highest BCUT2D eigenvalue weighted by Gasteiger charge is 2.11. The Morgan fingerprint density at radius 3 is 2.88 bits per heavy atom. The number of aromatic nitrogens is 2. The van der Waals surface area contributed by atoms with Gasteiger partial charge in [-0.15, -0.1) is 12.3 Å². The molecule has 1 rings (SSSR count). The lowest BCUT2D eigenvalue weighted by Gasteiger charge is -2.07. The molecule has 0 atom stereocenters. The molecule has 0 unspecified atom stereocenters. The SMILES string of the molecule is C#CCCCCNCc1c(Cl)c(C)nn1CC. The predicted molar refractivity (Wildman–Crippen MR) is 72.0 cm³/mol. The van der Waals surface area contributed by atoms with Crippen molar-refractivity contribution in [3.8, 4) is 12.3 Å². The first kappa shape index (κ1) is 14.1. The van der Waals surface area contributed by atoms with Crippen LogP contribution in [-0.2, 0) is 13.1 Å². The predicted octanol–water partition coefficient (Wildman–Crippen LogP) is 2.76. The molecule has 0 spiro atoms. The smallest absolute Gasteiger partial charge is 0.0860 e. The fourth-order valence-electron chi connectivity index (χ4n) is 1.72. The standard InChI is InChI=1S/C13H20ClN3/c1-4-6-7-8-9-15-10-12-13(14)11(3)16-17(12)5-2/h1,15H,5-10H2,2-3H3. The van der Waals surface area contributed by atoms with Crippen LogP contribution < -0.4 is 5.32 Å². The van der Waals surface area contributed by atoms with Crippen LogP contribution in [0.1, 0.15) is 37.6 Å². The molecular weight excluding hydrogens is 234 g/mol. The Bertz CT molecular complexity index is 390. The van der Waals surface area contributed by atoms with Gasteiger partial charge in [-0.1, -0.05) is 11.6 Å². The van der Waals surface area contributed by atoms with Crippen molar-refractivity contribution < 1.29 is 0 Å². The third-order valence-electron chi connectivity index (χ3n) is 2.67. The summed E-state index contributed by atoms with van der Waals surface area (Å²) in [5.74, 6) is 2.64. The first-order valence-electron chi connectivity index (χ1n) is 6.06. The molecule has 0 aliphatic rings. The third-order valence-corrected chi connectivity index (χ3v) is 3.16. The lowest BCUT2D eigenvalue weighted by Crippen LogP contribution is -2.18. The summed E-state index contributed by atoms with van der Waals surface area (Å²) in [6.45, 7) is 6.58. The third kappa shape index (κ3) is 4.07. The fraction of sp³-hybridized carbons (Fsp3) is 0.615. The lowest BCUT2D eigenvalue weighted by molar-refractivity contribution is 0.566. The minimum Gasteiger partial charge on any atom is -0.311 e. The number of hydrogen-bond acceptors (Lipinski definition) is 2. The van der Waals surface area contributed by atoms with E-state index in [1.807, 2.05) is 11.6 Å². The van der Waals surface area contributed by atoms with Gasteiger partial charge in [-0.25, -0.2) is 0 Å². The molecule has 0 amide bonds. The second kappa shape index (κ2) is 7.37. The maximum atomic E-state index is 6.21. The number of halogens is 1. The molecule has 0 saturated carbocycles. The molecule has 0 bridgehead atoms. The van der Waals surface area contributed by atoms with E-state index in [0.29, 0.717) is 0 Å². The van der Waals surface area contributed by atoms with Gasteiger partial charge in [-0.05, 0) is 33.2 Å². The summed E-state index contributed by atoms with van der Waals surface area (Å²) < 4.78 is 1.95. The fourth-order valence-corrected chi connectivity index (χ4v) is 1.92. The Labute approximate surface area is 109 Å². The maximum Gasteiger partial charge on any atom is 0.0860 e. The molecule has 1 aromatic heterocycles. The zero-order valence-corrected chi connectivity index (χ0v) is 11.3. The van der Waals surface area contributed by atoms with E-state index in [4.69, 9.17) is 18.0 Å². The molecular formula is C13H20ClN3. The first-order chi connectivity index (χ1) is 8.20. The van der Waals surface area contributed by atoms with Crippen LogP contribution in [0.3, 0.4) is 0 Å². The highest BCUT2D eigenvalue weighted by Crippen LogP contribution is 2.19. The number of terminal acetylenes is 1. The van der Waals surface area contributed by atoms with E-state index in [9.17, 15) is 0 Å². The second-order valence-corrected chi connectivity index (χ2v) is 4.38. The zero-order valence-electron chi connectivity index (χ0n) is 10.6. The number of unbranched alkanes of at least 4 members (excludes halogenated alkanes) is 2. The summed E-state index contributed by atoms with van der Waals surface area (Å²) in [6, 6.07) is 0. The van der Waals surface area contributed by atoms with Crippen molar-refractivity contribution in [2.75, 3.05) is 6.54 Å². The van der Waals surface area contributed by atoms with Crippen LogP contribution in [0.15, 0.2) is 0 Å². The molecule has 17 heavy (non-hydrogen) atoms. The molecule has 3 nitrogen and oxygen atoms in total. The van der Waals surface area contributed by atoms with Gasteiger partial charge in [-0.2, -0.15) is 5.10 Å². The van der Waals surface area contributed by atoms with Crippen LogP contribution >= 0.6 is 11.6 Å². The summed E-state index contributed by atoms with van der Waals surface area (Å²) in [4.78, 5) is 0. The Balaban J connectivity index is 2.38. The van der Waals surface area contributed by atoms with E-state index in [1.165, 1.54) is 0 Å². The highest BCUT2D eigenvalue weighted by molar-refractivity contribution is 6.31. The summed E-state index contributed by atoms with van der Waals surface area (Å²) in [6.07, 6.45) is 8.22. The molecule has 1 aromatic rings. The van der Waals surface area contributed by atoms with Crippen LogP contribution in [0.4, 0.5) is 0 Å². The van der Waals surface area contributed by atoms with Crippen molar-refractivity contribution >= 4 is 11.6 Å². The largest absolute Gasteiger partial charge is 0.311 e. The van der Waals surface area contributed by atoms with Crippen molar-refractivity contribution in [2.24, 2.45) is 0 Å². The topological polar surface area (TPSA) is 29.9 Å². The number of aryl methyl sites for hydroxylation is 2. The normalized spacial score (nSPS) is 10.5. The van der Waals surface area contributed by atoms with Crippen LogP contribution in [0.2, 0.25) is 5.02 Å². The van der Waals surface area contributed by atoms with Gasteiger partial charge in [0, 0.05) is 19.5 Å². The van der Waals surface area contributed by atoms with Gasteiger partial charge in [0.1, 0.15) is 0 Å². The Hall–Kier alpha value is -0.980. The Morgan fingerprint density at radius 1 is 1.47 bits per heavy atom. The van der Waals surface area contributed by atoms with Gasteiger partial charge in [0.05, 0.1) is 16.4 Å². The van der Waals surface area contributed by atoms with Crippen LogP contribution in [0.25, 0.3) is 0 Å². The average molecular weight is 254 g/mol. The van der Waals surface area contributed by atoms with E-state index in [2.05, 4.69) is 23.3 Å². The quantitative estimate of drug-likeness (QED) is 0.598. The molecule has 4 heteroatoms. The molecule has 0 saturated heterocycles. The van der Waals surface area contributed by atoms with Crippen LogP contribution in [0.5, 0.6) is 0 Å². The molecule has 0 radical (unpaired) electrons. The summed E-state index contributed by atoms with van der Waals surface area (Å²) in [5.41, 5.74) is 1.97. The summed E-state index contributed by atoms with van der Waals surface area (Å²) in [5, 5.41) is 8.53.